The van der Waals surface area contributed by atoms with Crippen molar-refractivity contribution in [3.8, 4) is 11.5 Å². The lowest BCUT2D eigenvalue weighted by Gasteiger charge is -2.34. The summed E-state index contributed by atoms with van der Waals surface area (Å²) in [4.78, 5) is 34.4. The maximum atomic E-state index is 12.8. The van der Waals surface area contributed by atoms with E-state index >= 15 is 0 Å². The summed E-state index contributed by atoms with van der Waals surface area (Å²) in [6.07, 6.45) is 0. The van der Waals surface area contributed by atoms with Gasteiger partial charge in [0.05, 0.1) is 16.8 Å². The number of para-hydroxylation sites is 2. The van der Waals surface area contributed by atoms with E-state index in [0.29, 0.717) is 24.7 Å². The van der Waals surface area contributed by atoms with Gasteiger partial charge in [0, 0.05) is 39.3 Å². The van der Waals surface area contributed by atoms with Crippen LogP contribution in [0.2, 0.25) is 0 Å². The Morgan fingerprint density at radius 1 is 1.06 bits per heavy atom. The van der Waals surface area contributed by atoms with Crippen molar-refractivity contribution in [2.45, 2.75) is 25.0 Å². The second-order valence-corrected chi connectivity index (χ2v) is 9.05. The maximum Gasteiger partial charge on any atom is 0.283 e. The predicted octanol–water partition coefficient (Wildman–Crippen LogP) is 2.58. The first-order valence-electron chi connectivity index (χ1n) is 11.1. The summed E-state index contributed by atoms with van der Waals surface area (Å²) >= 11 is 1.23. The lowest BCUT2D eigenvalue weighted by molar-refractivity contribution is -0.130. The zero-order chi connectivity index (χ0) is 22.8. The predicted molar refractivity (Wildman–Crippen MR) is 127 cm³/mol. The fraction of sp³-hybridized carbons (Fsp3) is 0.375. The highest BCUT2D eigenvalue weighted by molar-refractivity contribution is 7.99. The number of aryl methyl sites for hydroxylation is 1. The third-order valence-electron chi connectivity index (χ3n) is 6.04. The molecule has 3 aromatic rings. The molecule has 2 aliphatic heterocycles. The van der Waals surface area contributed by atoms with Gasteiger partial charge >= 0.3 is 0 Å². The van der Waals surface area contributed by atoms with Gasteiger partial charge in [-0.3, -0.25) is 14.5 Å². The molecular formula is C24H26N4O4S. The van der Waals surface area contributed by atoms with Gasteiger partial charge in [-0.05, 0) is 36.8 Å². The Hall–Kier alpha value is -3.04. The highest BCUT2D eigenvalue weighted by atomic mass is 32.2. The van der Waals surface area contributed by atoms with Crippen LogP contribution in [-0.4, -0.2) is 64.0 Å². The Morgan fingerprint density at radius 2 is 1.85 bits per heavy atom. The number of aromatic nitrogens is 2. The van der Waals surface area contributed by atoms with E-state index in [0.717, 1.165) is 42.2 Å². The molecule has 0 bridgehead atoms. The Morgan fingerprint density at radius 3 is 2.67 bits per heavy atom. The van der Waals surface area contributed by atoms with Gasteiger partial charge in [-0.15, -0.1) is 0 Å². The summed E-state index contributed by atoms with van der Waals surface area (Å²) in [6, 6.07) is 13.6. The van der Waals surface area contributed by atoms with Crippen LogP contribution in [0.15, 0.2) is 52.3 Å². The number of nitrogens with zero attached hydrogens (tertiary/aromatic N) is 4. The number of ether oxygens (including phenoxy) is 2. The van der Waals surface area contributed by atoms with Gasteiger partial charge in [0.2, 0.25) is 12.7 Å². The lowest BCUT2D eigenvalue weighted by atomic mass is 10.1. The number of benzene rings is 2. The molecule has 2 aromatic carbocycles. The number of fused-ring (bicyclic) bond motifs is 2. The minimum atomic E-state index is -0.137. The molecule has 0 atom stereocenters. The van der Waals surface area contributed by atoms with E-state index in [9.17, 15) is 9.59 Å². The van der Waals surface area contributed by atoms with Crippen molar-refractivity contribution in [3.05, 3.63) is 58.4 Å². The molecule has 0 unspecified atom stereocenters. The zero-order valence-electron chi connectivity index (χ0n) is 18.5. The molecule has 0 radical (unpaired) electrons. The second-order valence-electron chi connectivity index (χ2n) is 8.09. The molecule has 8 nitrogen and oxygen atoms in total. The molecule has 2 aliphatic rings. The quantitative estimate of drug-likeness (QED) is 0.517. The second kappa shape index (κ2) is 9.44. The van der Waals surface area contributed by atoms with Crippen molar-refractivity contribution < 1.29 is 14.3 Å². The van der Waals surface area contributed by atoms with E-state index in [2.05, 4.69) is 16.0 Å². The number of hydrogen-bond acceptors (Lipinski definition) is 7. The first kappa shape index (κ1) is 21.8. The third-order valence-corrected chi connectivity index (χ3v) is 6.97. The van der Waals surface area contributed by atoms with Crippen LogP contribution in [0, 0.1) is 0 Å². The Balaban J connectivity index is 1.17. The number of carbonyl (C=O) groups excluding carboxylic acids is 1. The van der Waals surface area contributed by atoms with Crippen molar-refractivity contribution in [1.29, 1.82) is 0 Å². The van der Waals surface area contributed by atoms with E-state index in [1.54, 1.807) is 4.57 Å². The minimum Gasteiger partial charge on any atom is -0.454 e. The average Bonchev–Trinajstić information content (AvgIpc) is 3.31. The van der Waals surface area contributed by atoms with Crippen molar-refractivity contribution in [2.24, 2.45) is 0 Å². The van der Waals surface area contributed by atoms with E-state index in [-0.39, 0.29) is 24.0 Å². The molecule has 0 spiro atoms. The molecule has 3 heterocycles. The van der Waals surface area contributed by atoms with Crippen LogP contribution >= 0.6 is 11.8 Å². The summed E-state index contributed by atoms with van der Waals surface area (Å²) < 4.78 is 12.5. The van der Waals surface area contributed by atoms with Gasteiger partial charge in [0.15, 0.2) is 16.5 Å². The van der Waals surface area contributed by atoms with Crippen molar-refractivity contribution >= 4 is 28.7 Å². The first-order chi connectivity index (χ1) is 16.1. The summed E-state index contributed by atoms with van der Waals surface area (Å²) in [7, 11) is 0. The average molecular weight is 467 g/mol. The van der Waals surface area contributed by atoms with E-state index in [1.807, 2.05) is 48.2 Å². The number of carbonyl (C=O) groups is 1. The van der Waals surface area contributed by atoms with Gasteiger partial charge in [-0.1, -0.05) is 30.0 Å². The lowest BCUT2D eigenvalue weighted by Crippen LogP contribution is -2.48. The first-order valence-corrected chi connectivity index (χ1v) is 12.1. The fourth-order valence-electron chi connectivity index (χ4n) is 4.25. The zero-order valence-corrected chi connectivity index (χ0v) is 19.3. The third kappa shape index (κ3) is 4.56. The van der Waals surface area contributed by atoms with E-state index in [4.69, 9.17) is 9.47 Å². The summed E-state index contributed by atoms with van der Waals surface area (Å²) in [5.41, 5.74) is 2.62. The van der Waals surface area contributed by atoms with E-state index < -0.39 is 0 Å². The highest BCUT2D eigenvalue weighted by Crippen LogP contribution is 2.32. The summed E-state index contributed by atoms with van der Waals surface area (Å²) in [6.45, 7) is 6.56. The largest absolute Gasteiger partial charge is 0.454 e. The maximum absolute atomic E-state index is 12.8. The molecule has 0 N–H and O–H groups in total. The van der Waals surface area contributed by atoms with Crippen LogP contribution in [0.1, 0.15) is 12.5 Å². The van der Waals surface area contributed by atoms with Crippen molar-refractivity contribution in [3.63, 3.8) is 0 Å². The smallest absolute Gasteiger partial charge is 0.283 e. The van der Waals surface area contributed by atoms with Crippen molar-refractivity contribution in [2.75, 3.05) is 38.7 Å². The standard InChI is InChI=1S/C24H26N4O4S/c1-2-28-19-6-4-3-5-18(19)25-23(24(28)30)33-15-22(29)27-11-9-26(10-12-27)14-17-7-8-20-21(13-17)32-16-31-20/h3-8,13H,2,9-12,14-16H2,1H3. The Bertz CT molecular complexity index is 1240. The van der Waals surface area contributed by atoms with Crippen LogP contribution < -0.4 is 15.0 Å². The van der Waals surface area contributed by atoms with Gasteiger partial charge in [0.1, 0.15) is 0 Å². The molecule has 1 saturated heterocycles. The van der Waals surface area contributed by atoms with Crippen LogP contribution in [0.3, 0.4) is 0 Å². The van der Waals surface area contributed by atoms with Gasteiger partial charge in [-0.25, -0.2) is 4.98 Å². The molecule has 9 heteroatoms. The van der Waals surface area contributed by atoms with Crippen LogP contribution in [0.5, 0.6) is 11.5 Å². The molecule has 0 aliphatic carbocycles. The van der Waals surface area contributed by atoms with Crippen LogP contribution in [0.25, 0.3) is 11.0 Å². The van der Waals surface area contributed by atoms with Crippen LogP contribution in [-0.2, 0) is 17.9 Å². The number of rotatable bonds is 6. The minimum absolute atomic E-state index is 0.0418. The molecule has 1 amide bonds. The van der Waals surface area contributed by atoms with Crippen molar-refractivity contribution in [1.82, 2.24) is 19.4 Å². The highest BCUT2D eigenvalue weighted by Gasteiger charge is 2.23. The molecule has 172 valence electrons. The van der Waals surface area contributed by atoms with Gasteiger partial charge in [0.25, 0.3) is 5.56 Å². The molecule has 5 rings (SSSR count). The number of hydrogen-bond donors (Lipinski definition) is 0. The Kier molecular flexibility index (Phi) is 6.24. The normalized spacial score (nSPS) is 15.8. The number of thioether (sulfide) groups is 1. The monoisotopic (exact) mass is 466 g/mol. The fourth-order valence-corrected chi connectivity index (χ4v) is 5.09. The van der Waals surface area contributed by atoms with Crippen LogP contribution in [0.4, 0.5) is 0 Å². The molecular weight excluding hydrogens is 440 g/mol. The summed E-state index contributed by atoms with van der Waals surface area (Å²) in [5.74, 6) is 1.84. The molecule has 0 saturated carbocycles. The number of piperazine rings is 1. The van der Waals surface area contributed by atoms with Gasteiger partial charge in [-0.2, -0.15) is 0 Å². The Labute approximate surface area is 196 Å². The van der Waals surface area contributed by atoms with Gasteiger partial charge < -0.3 is 18.9 Å². The molecule has 1 aromatic heterocycles. The van der Waals surface area contributed by atoms with E-state index in [1.165, 1.54) is 17.3 Å². The SMILES string of the molecule is CCn1c(=O)c(SCC(=O)N2CCN(Cc3ccc4c(c3)OCO4)CC2)nc2ccccc21. The molecule has 1 fully saturated rings. The number of amides is 1. The topological polar surface area (TPSA) is 76.9 Å². The molecule has 33 heavy (non-hydrogen) atoms. The summed E-state index contributed by atoms with van der Waals surface area (Å²) in [5, 5.41) is 0.380.